The third-order valence-electron chi connectivity index (χ3n) is 2.44. The maximum atomic E-state index is 11.5. The van der Waals surface area contributed by atoms with Crippen LogP contribution in [-0.2, 0) is 6.42 Å². The van der Waals surface area contributed by atoms with Gasteiger partial charge in [0.25, 0.3) is 0 Å². The first-order valence-corrected chi connectivity index (χ1v) is 5.25. The van der Waals surface area contributed by atoms with E-state index < -0.39 is 0 Å². The Morgan fingerprint density at radius 3 is 3.25 bits per heavy atom. The minimum Gasteiger partial charge on any atom is -0.294 e. The van der Waals surface area contributed by atoms with Gasteiger partial charge in [0.2, 0.25) is 0 Å². The number of fused-ring (bicyclic) bond motifs is 1. The molecular weight excluding hydrogens is 168 g/mol. The smallest absolute Gasteiger partial charge is 0.164 e. The molecule has 2 rings (SSSR count). The molecule has 2 heteroatoms. The lowest BCUT2D eigenvalue weighted by Gasteiger charge is -2.03. The molecule has 0 radical (unpaired) electrons. The predicted octanol–water partition coefficient (Wildman–Crippen LogP) is 2.90. The second kappa shape index (κ2) is 3.02. The highest BCUT2D eigenvalue weighted by atomic mass is 32.1. The number of hydrogen-bond donors (Lipinski definition) is 0. The number of thiophene rings is 1. The molecule has 1 aliphatic rings. The van der Waals surface area contributed by atoms with Gasteiger partial charge in [-0.1, -0.05) is 6.92 Å². The summed E-state index contributed by atoms with van der Waals surface area (Å²) in [4.78, 5) is 12.8. The van der Waals surface area contributed by atoms with Gasteiger partial charge in [-0.05, 0) is 30.2 Å². The van der Waals surface area contributed by atoms with E-state index in [4.69, 9.17) is 0 Å². The summed E-state index contributed by atoms with van der Waals surface area (Å²) in [6, 6.07) is 1.97. The number of Topliss-reactive ketones (excluding diaryl/α,β-unsaturated/α-hetero) is 1. The zero-order valence-corrected chi connectivity index (χ0v) is 7.99. The van der Waals surface area contributed by atoms with Crippen molar-refractivity contribution in [3.63, 3.8) is 0 Å². The van der Waals surface area contributed by atoms with Crippen LogP contribution in [0, 0.1) is 5.92 Å². The van der Waals surface area contributed by atoms with Crippen molar-refractivity contribution in [3.05, 3.63) is 21.9 Å². The van der Waals surface area contributed by atoms with Crippen molar-refractivity contribution in [3.8, 4) is 0 Å². The van der Waals surface area contributed by atoms with Crippen LogP contribution in [-0.4, -0.2) is 5.78 Å². The molecule has 0 saturated carbocycles. The predicted molar refractivity (Wildman–Crippen MR) is 50.8 cm³/mol. The summed E-state index contributed by atoms with van der Waals surface area (Å²) < 4.78 is 0. The van der Waals surface area contributed by atoms with Gasteiger partial charge in [0.1, 0.15) is 0 Å². The quantitative estimate of drug-likeness (QED) is 0.561. The molecule has 12 heavy (non-hydrogen) atoms. The Morgan fingerprint density at radius 2 is 2.42 bits per heavy atom. The standard InChI is InChI=1S/C10H12OS/c1-7-2-3-9(11)8-4-5-12-10(8)6-7/h4-5,7H,2-3,6H2,1H3. The average Bonchev–Trinajstić information content (AvgIpc) is 2.44. The lowest BCUT2D eigenvalue weighted by molar-refractivity contribution is 0.0979. The van der Waals surface area contributed by atoms with E-state index in [-0.39, 0.29) is 0 Å². The number of hydrogen-bond acceptors (Lipinski definition) is 2. The van der Waals surface area contributed by atoms with Crippen molar-refractivity contribution >= 4 is 17.1 Å². The van der Waals surface area contributed by atoms with Crippen LogP contribution in [0.3, 0.4) is 0 Å². The van der Waals surface area contributed by atoms with Crippen molar-refractivity contribution in [2.75, 3.05) is 0 Å². The van der Waals surface area contributed by atoms with E-state index in [1.165, 1.54) is 4.88 Å². The lowest BCUT2D eigenvalue weighted by Crippen LogP contribution is -1.96. The monoisotopic (exact) mass is 180 g/mol. The highest BCUT2D eigenvalue weighted by Crippen LogP contribution is 2.27. The molecule has 0 N–H and O–H groups in total. The second-order valence-electron chi connectivity index (χ2n) is 3.53. The van der Waals surface area contributed by atoms with E-state index in [0.29, 0.717) is 11.7 Å². The van der Waals surface area contributed by atoms with Crippen molar-refractivity contribution in [2.45, 2.75) is 26.2 Å². The Labute approximate surface area is 76.4 Å². The highest BCUT2D eigenvalue weighted by molar-refractivity contribution is 7.10. The molecule has 1 aromatic heterocycles. The molecule has 0 amide bonds. The van der Waals surface area contributed by atoms with Crippen LogP contribution in [0.15, 0.2) is 11.4 Å². The van der Waals surface area contributed by atoms with Crippen LogP contribution in [0.5, 0.6) is 0 Å². The second-order valence-corrected chi connectivity index (χ2v) is 4.53. The van der Waals surface area contributed by atoms with Crippen LogP contribution in [0.1, 0.15) is 35.0 Å². The molecule has 0 aliphatic heterocycles. The number of rotatable bonds is 0. The SMILES string of the molecule is CC1CCC(=O)c2ccsc2C1. The lowest BCUT2D eigenvalue weighted by atomic mass is 10.0. The molecule has 0 spiro atoms. The maximum absolute atomic E-state index is 11.5. The number of carbonyl (C=O) groups excluding carboxylic acids is 1. The van der Waals surface area contributed by atoms with Gasteiger partial charge in [0, 0.05) is 16.9 Å². The number of carbonyl (C=O) groups is 1. The van der Waals surface area contributed by atoms with Crippen molar-refractivity contribution in [2.24, 2.45) is 5.92 Å². The van der Waals surface area contributed by atoms with Crippen LogP contribution in [0.4, 0.5) is 0 Å². The van der Waals surface area contributed by atoms with Gasteiger partial charge in [-0.15, -0.1) is 11.3 Å². The molecule has 1 heterocycles. The largest absolute Gasteiger partial charge is 0.294 e. The highest BCUT2D eigenvalue weighted by Gasteiger charge is 2.19. The van der Waals surface area contributed by atoms with Gasteiger partial charge in [-0.3, -0.25) is 4.79 Å². The third kappa shape index (κ3) is 1.31. The number of ketones is 1. The molecule has 1 atom stereocenters. The summed E-state index contributed by atoms with van der Waals surface area (Å²) in [5.41, 5.74) is 0.990. The first-order valence-electron chi connectivity index (χ1n) is 4.37. The van der Waals surface area contributed by atoms with Crippen LogP contribution in [0.2, 0.25) is 0 Å². The first kappa shape index (κ1) is 7.99. The fourth-order valence-corrected chi connectivity index (χ4v) is 2.74. The zero-order chi connectivity index (χ0) is 8.55. The van der Waals surface area contributed by atoms with E-state index in [1.807, 2.05) is 11.4 Å². The Kier molecular flexibility index (Phi) is 2.01. The normalized spacial score (nSPS) is 23.4. The average molecular weight is 180 g/mol. The van der Waals surface area contributed by atoms with Crippen molar-refractivity contribution in [1.82, 2.24) is 0 Å². The zero-order valence-electron chi connectivity index (χ0n) is 7.17. The van der Waals surface area contributed by atoms with Gasteiger partial charge >= 0.3 is 0 Å². The molecule has 0 saturated heterocycles. The Bertz CT molecular complexity index is 301. The summed E-state index contributed by atoms with van der Waals surface area (Å²) in [6.07, 6.45) is 2.89. The van der Waals surface area contributed by atoms with E-state index in [2.05, 4.69) is 6.92 Å². The molecule has 1 unspecified atom stereocenters. The van der Waals surface area contributed by atoms with Gasteiger partial charge in [-0.25, -0.2) is 0 Å². The molecule has 0 bridgehead atoms. The van der Waals surface area contributed by atoms with E-state index in [9.17, 15) is 4.79 Å². The van der Waals surface area contributed by atoms with Crippen LogP contribution >= 0.6 is 11.3 Å². The minimum absolute atomic E-state index is 0.343. The molecule has 1 nitrogen and oxygen atoms in total. The van der Waals surface area contributed by atoms with Crippen LogP contribution in [0.25, 0.3) is 0 Å². The fourth-order valence-electron chi connectivity index (χ4n) is 1.68. The van der Waals surface area contributed by atoms with Gasteiger partial charge in [0.15, 0.2) is 5.78 Å². The van der Waals surface area contributed by atoms with Gasteiger partial charge in [0.05, 0.1) is 0 Å². The van der Waals surface area contributed by atoms with Crippen LogP contribution < -0.4 is 0 Å². The molecular formula is C10H12OS. The summed E-state index contributed by atoms with van der Waals surface area (Å²) in [5.74, 6) is 1.02. The Hall–Kier alpha value is -0.630. The molecule has 0 aromatic carbocycles. The Morgan fingerprint density at radius 1 is 1.58 bits per heavy atom. The topological polar surface area (TPSA) is 17.1 Å². The van der Waals surface area contributed by atoms with Crippen molar-refractivity contribution < 1.29 is 4.79 Å². The summed E-state index contributed by atoms with van der Waals surface area (Å²) in [7, 11) is 0. The van der Waals surface area contributed by atoms with E-state index in [1.54, 1.807) is 11.3 Å². The summed E-state index contributed by atoms with van der Waals surface area (Å²) in [5, 5.41) is 2.03. The first-order chi connectivity index (χ1) is 5.77. The molecule has 0 fully saturated rings. The summed E-state index contributed by atoms with van der Waals surface area (Å²) >= 11 is 1.73. The fraction of sp³-hybridized carbons (Fsp3) is 0.500. The maximum Gasteiger partial charge on any atom is 0.164 e. The third-order valence-corrected chi connectivity index (χ3v) is 3.39. The summed E-state index contributed by atoms with van der Waals surface area (Å²) in [6.45, 7) is 2.22. The van der Waals surface area contributed by atoms with E-state index >= 15 is 0 Å². The van der Waals surface area contributed by atoms with E-state index in [0.717, 1.165) is 24.8 Å². The molecule has 1 aromatic rings. The van der Waals surface area contributed by atoms with Gasteiger partial charge in [-0.2, -0.15) is 0 Å². The molecule has 64 valence electrons. The van der Waals surface area contributed by atoms with Gasteiger partial charge < -0.3 is 0 Å². The molecule has 1 aliphatic carbocycles. The van der Waals surface area contributed by atoms with Crippen molar-refractivity contribution in [1.29, 1.82) is 0 Å². The minimum atomic E-state index is 0.343. The Balaban J connectivity index is 2.38.